The highest BCUT2D eigenvalue weighted by Gasteiger charge is 2.32. The quantitative estimate of drug-likeness (QED) is 0.269. The lowest BCUT2D eigenvalue weighted by Gasteiger charge is -2.18. The first kappa shape index (κ1) is 24.9. The molecule has 0 saturated carbocycles. The number of hydrogen-bond donors (Lipinski definition) is 1. The van der Waals surface area contributed by atoms with Gasteiger partial charge in [-0.2, -0.15) is 0 Å². The molecule has 0 aliphatic heterocycles. The fourth-order valence-corrected chi connectivity index (χ4v) is 5.37. The zero-order valence-corrected chi connectivity index (χ0v) is 20.8. The fourth-order valence-electron chi connectivity index (χ4n) is 4.30. The molecule has 1 atom stereocenters. The van der Waals surface area contributed by atoms with Crippen molar-refractivity contribution in [2.45, 2.75) is 24.7 Å². The van der Waals surface area contributed by atoms with Crippen molar-refractivity contribution in [3.63, 3.8) is 0 Å². The zero-order valence-electron chi connectivity index (χ0n) is 20.0. The van der Waals surface area contributed by atoms with E-state index in [0.717, 1.165) is 5.56 Å². The second kappa shape index (κ2) is 9.82. The number of rotatable bonds is 8. The summed E-state index contributed by atoms with van der Waals surface area (Å²) < 4.78 is 35.8. The lowest BCUT2D eigenvalue weighted by atomic mass is 9.90. The lowest BCUT2D eigenvalue weighted by molar-refractivity contribution is -0.481. The average molecular weight is 508 g/mol. The summed E-state index contributed by atoms with van der Waals surface area (Å²) in [7, 11) is -2.61. The molecule has 4 rings (SSSR count). The SMILES string of the molecule is COc1ccc(C(C[N+](=O)[O-])c2c(NS(=O)(=O)c3ccc(C)cc3)n(C(C)=O)c3ccccc23)cc1. The predicted octanol–water partition coefficient (Wildman–Crippen LogP) is 4.83. The predicted molar refractivity (Wildman–Crippen MR) is 137 cm³/mol. The number of ether oxygens (including phenoxy) is 1. The topological polar surface area (TPSA) is 121 Å². The number of nitrogens with one attached hydrogen (secondary N) is 1. The highest BCUT2D eigenvalue weighted by atomic mass is 32.2. The van der Waals surface area contributed by atoms with Gasteiger partial charge in [-0.25, -0.2) is 8.42 Å². The molecule has 0 aliphatic rings. The molecule has 10 heteroatoms. The number of anilines is 1. The number of sulfonamides is 1. The van der Waals surface area contributed by atoms with Gasteiger partial charge in [0.15, 0.2) is 0 Å². The van der Waals surface area contributed by atoms with Crippen LogP contribution in [-0.2, 0) is 10.0 Å². The number of nitrogens with zero attached hydrogens (tertiary/aromatic N) is 2. The normalized spacial score (nSPS) is 12.3. The Morgan fingerprint density at radius 3 is 2.28 bits per heavy atom. The number of nitro groups is 1. The second-order valence-corrected chi connectivity index (χ2v) is 10.1. The number of methoxy groups -OCH3 is 1. The highest BCUT2D eigenvalue weighted by molar-refractivity contribution is 7.92. The molecule has 1 unspecified atom stereocenters. The molecule has 1 N–H and O–H groups in total. The Kier molecular flexibility index (Phi) is 6.80. The Morgan fingerprint density at radius 1 is 1.06 bits per heavy atom. The van der Waals surface area contributed by atoms with E-state index >= 15 is 0 Å². The van der Waals surface area contributed by atoms with Crippen LogP contribution in [0.3, 0.4) is 0 Å². The largest absolute Gasteiger partial charge is 0.497 e. The van der Waals surface area contributed by atoms with Gasteiger partial charge in [-0.1, -0.05) is 48.0 Å². The summed E-state index contributed by atoms with van der Waals surface area (Å²) in [5, 5.41) is 12.3. The van der Waals surface area contributed by atoms with E-state index in [2.05, 4.69) is 4.72 Å². The molecule has 0 fully saturated rings. The molecule has 0 saturated heterocycles. The number of aromatic nitrogens is 1. The van der Waals surface area contributed by atoms with Gasteiger partial charge in [0.05, 0.1) is 23.4 Å². The number of fused-ring (bicyclic) bond motifs is 1. The van der Waals surface area contributed by atoms with E-state index in [1.54, 1.807) is 60.7 Å². The highest BCUT2D eigenvalue weighted by Crippen LogP contribution is 2.40. The van der Waals surface area contributed by atoms with Crippen LogP contribution in [0.4, 0.5) is 5.82 Å². The van der Waals surface area contributed by atoms with E-state index in [0.29, 0.717) is 27.8 Å². The maximum Gasteiger partial charge on any atom is 0.263 e. The monoisotopic (exact) mass is 507 g/mol. The summed E-state index contributed by atoms with van der Waals surface area (Å²) >= 11 is 0. The Labute approximate surface area is 208 Å². The maximum absolute atomic E-state index is 13.4. The number of hydrogen-bond acceptors (Lipinski definition) is 6. The van der Waals surface area contributed by atoms with Crippen LogP contribution in [0.1, 0.15) is 34.3 Å². The first-order valence-corrected chi connectivity index (χ1v) is 12.6. The average Bonchev–Trinajstić information content (AvgIpc) is 3.15. The van der Waals surface area contributed by atoms with Crippen molar-refractivity contribution in [2.75, 3.05) is 18.4 Å². The second-order valence-electron chi connectivity index (χ2n) is 8.39. The molecule has 0 aliphatic carbocycles. The Hall–Kier alpha value is -4.18. The summed E-state index contributed by atoms with van der Waals surface area (Å²) in [6, 6.07) is 19.9. The van der Waals surface area contributed by atoms with Gasteiger partial charge in [0.25, 0.3) is 10.0 Å². The summed E-state index contributed by atoms with van der Waals surface area (Å²) in [5.74, 6) is -0.738. The number of para-hydroxylation sites is 1. The van der Waals surface area contributed by atoms with Crippen molar-refractivity contribution in [2.24, 2.45) is 0 Å². The van der Waals surface area contributed by atoms with Gasteiger partial charge >= 0.3 is 0 Å². The van der Waals surface area contributed by atoms with Crippen LogP contribution in [0.15, 0.2) is 77.7 Å². The molecule has 1 heterocycles. The first-order chi connectivity index (χ1) is 17.1. The van der Waals surface area contributed by atoms with Crippen LogP contribution < -0.4 is 9.46 Å². The molecular formula is C26H25N3O6S. The van der Waals surface area contributed by atoms with Gasteiger partial charge in [0.1, 0.15) is 11.6 Å². The molecular weight excluding hydrogens is 482 g/mol. The third kappa shape index (κ3) is 4.80. The van der Waals surface area contributed by atoms with Gasteiger partial charge in [0, 0.05) is 22.8 Å². The zero-order chi connectivity index (χ0) is 26.0. The van der Waals surface area contributed by atoms with Crippen LogP contribution in [0.25, 0.3) is 10.9 Å². The van der Waals surface area contributed by atoms with Crippen LogP contribution in [-0.4, -0.2) is 37.5 Å². The van der Waals surface area contributed by atoms with Crippen LogP contribution in [0.2, 0.25) is 0 Å². The summed E-state index contributed by atoms with van der Waals surface area (Å²) in [5.41, 5.74) is 2.26. The third-order valence-corrected chi connectivity index (χ3v) is 7.34. The lowest BCUT2D eigenvalue weighted by Crippen LogP contribution is -2.21. The molecule has 4 aromatic rings. The van der Waals surface area contributed by atoms with Crippen molar-refractivity contribution in [1.82, 2.24) is 4.57 Å². The van der Waals surface area contributed by atoms with Gasteiger partial charge < -0.3 is 4.74 Å². The minimum absolute atomic E-state index is 0.00896. The molecule has 186 valence electrons. The fraction of sp³-hybridized carbons (Fsp3) is 0.192. The van der Waals surface area contributed by atoms with Gasteiger partial charge in [-0.15, -0.1) is 0 Å². The van der Waals surface area contributed by atoms with Gasteiger partial charge in [0.2, 0.25) is 12.5 Å². The van der Waals surface area contributed by atoms with Crippen molar-refractivity contribution in [3.05, 3.63) is 99.6 Å². The number of aryl methyl sites for hydroxylation is 1. The van der Waals surface area contributed by atoms with Crippen LogP contribution in [0.5, 0.6) is 5.75 Å². The Balaban J connectivity index is 2.00. The van der Waals surface area contributed by atoms with E-state index in [4.69, 9.17) is 4.74 Å². The Morgan fingerprint density at radius 2 is 1.69 bits per heavy atom. The van der Waals surface area contributed by atoms with Crippen molar-refractivity contribution in [1.29, 1.82) is 0 Å². The van der Waals surface area contributed by atoms with E-state index in [9.17, 15) is 23.3 Å². The minimum atomic E-state index is -4.12. The maximum atomic E-state index is 13.4. The van der Waals surface area contributed by atoms with Crippen molar-refractivity contribution >= 4 is 32.7 Å². The summed E-state index contributed by atoms with van der Waals surface area (Å²) in [6.45, 7) is 2.64. The molecule has 3 aromatic carbocycles. The van der Waals surface area contributed by atoms with E-state index in [1.807, 2.05) is 6.92 Å². The van der Waals surface area contributed by atoms with Crippen molar-refractivity contribution in [3.8, 4) is 5.75 Å². The molecule has 1 aromatic heterocycles. The number of benzene rings is 3. The van der Waals surface area contributed by atoms with Gasteiger partial charge in [-0.3, -0.25) is 24.2 Å². The molecule has 36 heavy (non-hydrogen) atoms. The Bertz CT molecular complexity index is 1540. The minimum Gasteiger partial charge on any atom is -0.497 e. The standard InChI is InChI=1S/C26H25N3O6S/c1-17-8-14-21(15-9-17)36(33,34)27-26-25(22-6-4-5-7-24(22)29(26)18(2)30)23(16-28(31)32)19-10-12-20(35-3)13-11-19/h4-15,23,27H,16H2,1-3H3. The molecule has 0 amide bonds. The number of carbonyl (C=O) groups excluding carboxylic acids is 1. The first-order valence-electron chi connectivity index (χ1n) is 11.1. The van der Waals surface area contributed by atoms with Gasteiger partial charge in [-0.05, 0) is 42.8 Å². The van der Waals surface area contributed by atoms with Crippen molar-refractivity contribution < 1.29 is 22.9 Å². The number of carbonyl (C=O) groups is 1. The molecule has 0 radical (unpaired) electrons. The van der Waals surface area contributed by atoms with E-state index in [1.165, 1.54) is 30.7 Å². The summed E-state index contributed by atoms with van der Waals surface area (Å²) in [6.07, 6.45) is 0. The van der Waals surface area contributed by atoms with E-state index < -0.39 is 33.3 Å². The molecule has 9 nitrogen and oxygen atoms in total. The summed E-state index contributed by atoms with van der Waals surface area (Å²) in [4.78, 5) is 24.1. The third-order valence-electron chi connectivity index (χ3n) is 5.99. The van der Waals surface area contributed by atoms with Crippen LogP contribution in [0, 0.1) is 17.0 Å². The molecule has 0 bridgehead atoms. The smallest absolute Gasteiger partial charge is 0.263 e. The molecule has 0 spiro atoms. The van der Waals surface area contributed by atoms with E-state index in [-0.39, 0.29) is 10.7 Å². The van der Waals surface area contributed by atoms with Crippen LogP contribution >= 0.6 is 0 Å².